The normalized spacial score (nSPS) is 9.89. The smallest absolute Gasteiger partial charge is 0.335 e. The summed E-state index contributed by atoms with van der Waals surface area (Å²) in [4.78, 5) is 20.6. The van der Waals surface area contributed by atoms with Crippen LogP contribution in [0.4, 0.5) is 0 Å². The summed E-state index contributed by atoms with van der Waals surface area (Å²) < 4.78 is 4.17. The fraction of sp³-hybridized carbons (Fsp3) is 0.333. The Morgan fingerprint density at radius 1 is 1.26 bits per heavy atom. The average molecular weight is 264 g/mol. The Labute approximate surface area is 113 Å². The van der Waals surface area contributed by atoms with E-state index in [0.29, 0.717) is 5.56 Å². The van der Waals surface area contributed by atoms with E-state index in [0.717, 1.165) is 11.8 Å². The molecular formula is C15H20O4. The molecule has 4 nitrogen and oxygen atoms in total. The highest BCUT2D eigenvalue weighted by Crippen LogP contribution is 2.25. The second-order valence-electron chi connectivity index (χ2n) is 4.88. The zero-order chi connectivity index (χ0) is 15.1. The van der Waals surface area contributed by atoms with Crippen molar-refractivity contribution >= 4 is 11.9 Å². The third kappa shape index (κ3) is 6.41. The Bertz CT molecular complexity index is 455. The van der Waals surface area contributed by atoms with Crippen LogP contribution in [0.5, 0.6) is 0 Å². The molecule has 1 aromatic rings. The lowest BCUT2D eigenvalue weighted by Gasteiger charge is -2.20. The monoisotopic (exact) mass is 264 g/mol. The van der Waals surface area contributed by atoms with Gasteiger partial charge in [0.05, 0.1) is 11.8 Å². The molecule has 0 fully saturated rings. The maximum Gasteiger partial charge on any atom is 0.335 e. The predicted molar refractivity (Wildman–Crippen MR) is 74.1 cm³/mol. The fourth-order valence-electron chi connectivity index (χ4n) is 1.44. The summed E-state index contributed by atoms with van der Waals surface area (Å²) in [5, 5.41) is 8.93. The number of benzene rings is 1. The Hall–Kier alpha value is -2.10. The Kier molecular flexibility index (Phi) is 6.55. The van der Waals surface area contributed by atoms with Gasteiger partial charge in [-0.25, -0.2) is 4.79 Å². The van der Waals surface area contributed by atoms with E-state index in [4.69, 9.17) is 5.11 Å². The minimum atomic E-state index is -0.856. The number of rotatable bonds is 2. The minimum Gasteiger partial charge on any atom is -0.478 e. The molecule has 0 amide bonds. The molecule has 0 aliphatic rings. The van der Waals surface area contributed by atoms with Gasteiger partial charge in [-0.05, 0) is 17.0 Å². The predicted octanol–water partition coefficient (Wildman–Crippen LogP) is 3.38. The first-order chi connectivity index (χ1) is 8.70. The molecule has 0 spiro atoms. The van der Waals surface area contributed by atoms with E-state index >= 15 is 0 Å². The van der Waals surface area contributed by atoms with Gasteiger partial charge in [0, 0.05) is 6.92 Å². The molecule has 0 heterocycles. The zero-order valence-electron chi connectivity index (χ0n) is 11.8. The molecule has 1 rings (SSSR count). The van der Waals surface area contributed by atoms with Crippen LogP contribution < -0.4 is 0 Å². The van der Waals surface area contributed by atoms with Gasteiger partial charge < -0.3 is 9.84 Å². The lowest BCUT2D eigenvalue weighted by molar-refractivity contribution is -0.135. The Morgan fingerprint density at radius 2 is 1.79 bits per heavy atom. The van der Waals surface area contributed by atoms with Crippen LogP contribution in [0.3, 0.4) is 0 Å². The maximum atomic E-state index is 10.9. The van der Waals surface area contributed by atoms with Gasteiger partial charge in [-0.2, -0.15) is 0 Å². The van der Waals surface area contributed by atoms with E-state index in [-0.39, 0.29) is 11.4 Å². The number of carboxylic acids is 1. The molecule has 1 aromatic carbocycles. The number of aromatic carboxylic acids is 1. The van der Waals surface area contributed by atoms with E-state index in [9.17, 15) is 9.59 Å². The largest absolute Gasteiger partial charge is 0.478 e. The number of hydrogen-bond donors (Lipinski definition) is 1. The van der Waals surface area contributed by atoms with Crippen LogP contribution in [-0.4, -0.2) is 17.0 Å². The van der Waals surface area contributed by atoms with Gasteiger partial charge >= 0.3 is 11.9 Å². The second kappa shape index (κ2) is 7.36. The molecule has 4 heteroatoms. The van der Waals surface area contributed by atoms with Crippen LogP contribution in [0.25, 0.3) is 0 Å². The van der Waals surface area contributed by atoms with Gasteiger partial charge in [-0.15, -0.1) is 0 Å². The van der Waals surface area contributed by atoms with E-state index in [1.807, 2.05) is 32.9 Å². The van der Waals surface area contributed by atoms with Crippen molar-refractivity contribution in [2.75, 3.05) is 0 Å². The van der Waals surface area contributed by atoms with Crippen LogP contribution in [0.1, 0.15) is 43.6 Å². The van der Waals surface area contributed by atoms with Crippen LogP contribution in [-0.2, 0) is 14.9 Å². The van der Waals surface area contributed by atoms with Crippen molar-refractivity contribution in [2.24, 2.45) is 0 Å². The van der Waals surface area contributed by atoms with Crippen molar-refractivity contribution in [3.05, 3.63) is 48.2 Å². The molecule has 0 radical (unpaired) electrons. The lowest BCUT2D eigenvalue weighted by atomic mass is 9.84. The Balaban J connectivity index is 0.000000459. The summed E-state index contributed by atoms with van der Waals surface area (Å²) >= 11 is 0. The van der Waals surface area contributed by atoms with Crippen LogP contribution in [0.15, 0.2) is 37.1 Å². The number of esters is 1. The standard InChI is InChI=1S/C11H14O2.C4H6O2/c1-11(2,3)9-7-5-4-6-8(9)10(12)13;1-3-6-4(2)5/h4-7H,1-3H3,(H,12,13);3H,1H2,2H3. The summed E-state index contributed by atoms with van der Waals surface area (Å²) in [6.45, 7) is 10.5. The molecule has 0 unspecified atom stereocenters. The highest BCUT2D eigenvalue weighted by atomic mass is 16.5. The summed E-state index contributed by atoms with van der Waals surface area (Å²) in [5.41, 5.74) is 1.16. The second-order valence-corrected chi connectivity index (χ2v) is 4.88. The fourth-order valence-corrected chi connectivity index (χ4v) is 1.44. The SMILES string of the molecule is C=COC(C)=O.CC(C)(C)c1ccccc1C(=O)O. The molecular weight excluding hydrogens is 244 g/mol. The molecule has 0 bridgehead atoms. The summed E-state index contributed by atoms with van der Waals surface area (Å²) in [7, 11) is 0. The molecule has 1 N–H and O–H groups in total. The maximum absolute atomic E-state index is 10.9. The number of carboxylic acid groups (broad SMARTS) is 1. The first-order valence-corrected chi connectivity index (χ1v) is 5.81. The van der Waals surface area contributed by atoms with E-state index in [1.54, 1.807) is 12.1 Å². The van der Waals surface area contributed by atoms with Gasteiger partial charge in [-0.1, -0.05) is 45.5 Å². The van der Waals surface area contributed by atoms with E-state index < -0.39 is 5.97 Å². The molecule has 0 aliphatic heterocycles. The van der Waals surface area contributed by atoms with Crippen molar-refractivity contribution in [1.29, 1.82) is 0 Å². The van der Waals surface area contributed by atoms with Crippen LogP contribution in [0, 0.1) is 0 Å². The summed E-state index contributed by atoms with van der Waals surface area (Å²) in [6, 6.07) is 7.12. The highest BCUT2D eigenvalue weighted by molar-refractivity contribution is 5.89. The van der Waals surface area contributed by atoms with Crippen molar-refractivity contribution in [1.82, 2.24) is 0 Å². The lowest BCUT2D eigenvalue weighted by Crippen LogP contribution is -2.16. The van der Waals surface area contributed by atoms with Gasteiger partial charge in [-0.3, -0.25) is 4.79 Å². The van der Waals surface area contributed by atoms with Crippen molar-refractivity contribution < 1.29 is 19.4 Å². The van der Waals surface area contributed by atoms with Gasteiger partial charge in [0.25, 0.3) is 0 Å². The van der Waals surface area contributed by atoms with Crippen molar-refractivity contribution in [2.45, 2.75) is 33.1 Å². The third-order valence-electron chi connectivity index (χ3n) is 2.21. The van der Waals surface area contributed by atoms with Gasteiger partial charge in [0.1, 0.15) is 0 Å². The average Bonchev–Trinajstić information content (AvgIpc) is 2.28. The first-order valence-electron chi connectivity index (χ1n) is 5.81. The quantitative estimate of drug-likeness (QED) is 0.657. The van der Waals surface area contributed by atoms with Gasteiger partial charge in [0.2, 0.25) is 0 Å². The number of carbonyl (C=O) groups excluding carboxylic acids is 1. The molecule has 104 valence electrons. The topological polar surface area (TPSA) is 63.6 Å². The number of carbonyl (C=O) groups is 2. The summed E-state index contributed by atoms with van der Waals surface area (Å²) in [6.07, 6.45) is 1.10. The minimum absolute atomic E-state index is 0.116. The molecule has 0 aromatic heterocycles. The van der Waals surface area contributed by atoms with Crippen molar-refractivity contribution in [3.63, 3.8) is 0 Å². The van der Waals surface area contributed by atoms with E-state index in [1.165, 1.54) is 6.92 Å². The third-order valence-corrected chi connectivity index (χ3v) is 2.21. The summed E-state index contributed by atoms with van der Waals surface area (Å²) in [5.74, 6) is -1.18. The Morgan fingerprint density at radius 3 is 2.05 bits per heavy atom. The highest BCUT2D eigenvalue weighted by Gasteiger charge is 2.20. The number of hydrogen-bond acceptors (Lipinski definition) is 3. The van der Waals surface area contributed by atoms with Crippen molar-refractivity contribution in [3.8, 4) is 0 Å². The van der Waals surface area contributed by atoms with Crippen LogP contribution in [0.2, 0.25) is 0 Å². The number of ether oxygens (including phenoxy) is 1. The van der Waals surface area contributed by atoms with Gasteiger partial charge in [0.15, 0.2) is 0 Å². The zero-order valence-corrected chi connectivity index (χ0v) is 11.8. The molecule has 0 saturated carbocycles. The molecule has 0 atom stereocenters. The van der Waals surface area contributed by atoms with Crippen LogP contribution >= 0.6 is 0 Å². The molecule has 0 aliphatic carbocycles. The molecule has 19 heavy (non-hydrogen) atoms. The van der Waals surface area contributed by atoms with E-state index in [2.05, 4.69) is 11.3 Å². The molecule has 0 saturated heterocycles. The first kappa shape index (κ1) is 16.9.